The highest BCUT2D eigenvalue weighted by atomic mass is 16.1. The minimum absolute atomic E-state index is 0.253. The first-order chi connectivity index (χ1) is 8.33. The summed E-state index contributed by atoms with van der Waals surface area (Å²) >= 11 is 0. The third kappa shape index (κ3) is 2.47. The smallest absolute Gasteiger partial charge is 0.221 e. The lowest BCUT2D eigenvalue weighted by molar-refractivity contribution is -0.122. The molecule has 3 saturated heterocycles. The molecule has 0 saturated carbocycles. The molecule has 0 aromatic heterocycles. The molecule has 0 spiro atoms. The van der Waals surface area contributed by atoms with E-state index in [4.69, 9.17) is 0 Å². The van der Waals surface area contributed by atoms with Gasteiger partial charge in [-0.15, -0.1) is 0 Å². The van der Waals surface area contributed by atoms with E-state index >= 15 is 0 Å². The summed E-state index contributed by atoms with van der Waals surface area (Å²) in [5.74, 6) is 0.253. The fraction of sp³-hybridized carbons (Fsp3) is 0.923. The van der Waals surface area contributed by atoms with E-state index in [-0.39, 0.29) is 5.91 Å². The second kappa shape index (κ2) is 4.94. The van der Waals surface area contributed by atoms with Crippen molar-refractivity contribution in [1.29, 1.82) is 0 Å². The molecular formula is C13H23N3O. The molecule has 17 heavy (non-hydrogen) atoms. The van der Waals surface area contributed by atoms with Gasteiger partial charge in [0.25, 0.3) is 0 Å². The highest BCUT2D eigenvalue weighted by Gasteiger charge is 2.37. The van der Waals surface area contributed by atoms with Gasteiger partial charge in [0.15, 0.2) is 0 Å². The van der Waals surface area contributed by atoms with Crippen molar-refractivity contribution < 1.29 is 4.79 Å². The van der Waals surface area contributed by atoms with Crippen LogP contribution < -0.4 is 10.6 Å². The minimum Gasteiger partial charge on any atom is -0.352 e. The van der Waals surface area contributed by atoms with Gasteiger partial charge in [-0.05, 0) is 45.2 Å². The first kappa shape index (κ1) is 11.5. The van der Waals surface area contributed by atoms with Crippen LogP contribution in [0.15, 0.2) is 0 Å². The number of nitrogens with one attached hydrogen (secondary N) is 2. The first-order valence-electron chi connectivity index (χ1n) is 7.10. The van der Waals surface area contributed by atoms with E-state index < -0.39 is 0 Å². The summed E-state index contributed by atoms with van der Waals surface area (Å²) in [5.41, 5.74) is 0. The molecule has 4 heteroatoms. The predicted octanol–water partition coefficient (Wildman–Crippen LogP) is 0.481. The van der Waals surface area contributed by atoms with Gasteiger partial charge in [-0.25, -0.2) is 0 Å². The van der Waals surface area contributed by atoms with Crippen molar-refractivity contribution in [3.8, 4) is 0 Å². The molecule has 96 valence electrons. The number of nitrogens with zero attached hydrogens (tertiary/aromatic N) is 1. The van der Waals surface area contributed by atoms with Crippen LogP contribution in [-0.4, -0.2) is 48.6 Å². The fourth-order valence-electron chi connectivity index (χ4n) is 3.67. The van der Waals surface area contributed by atoms with Gasteiger partial charge in [0.05, 0.1) is 0 Å². The molecule has 3 aliphatic heterocycles. The van der Waals surface area contributed by atoms with E-state index in [9.17, 15) is 4.79 Å². The summed E-state index contributed by atoms with van der Waals surface area (Å²) in [5, 5.41) is 6.64. The van der Waals surface area contributed by atoms with Crippen molar-refractivity contribution in [3.05, 3.63) is 0 Å². The lowest BCUT2D eigenvalue weighted by Gasteiger charge is -2.22. The van der Waals surface area contributed by atoms with Gasteiger partial charge in [0.2, 0.25) is 5.91 Å². The summed E-state index contributed by atoms with van der Waals surface area (Å²) in [6, 6.07) is 1.48. The van der Waals surface area contributed by atoms with Gasteiger partial charge in [-0.1, -0.05) is 0 Å². The molecule has 1 amide bonds. The number of carbonyl (C=O) groups is 1. The van der Waals surface area contributed by atoms with Gasteiger partial charge < -0.3 is 10.6 Å². The average Bonchev–Trinajstić information content (AvgIpc) is 2.97. The predicted molar refractivity (Wildman–Crippen MR) is 66.8 cm³/mol. The number of carbonyl (C=O) groups excluding carboxylic acids is 1. The lowest BCUT2D eigenvalue weighted by atomic mass is 10.1. The topological polar surface area (TPSA) is 44.4 Å². The van der Waals surface area contributed by atoms with Crippen molar-refractivity contribution >= 4 is 5.91 Å². The third-order valence-electron chi connectivity index (χ3n) is 4.55. The SMILES string of the molecule is O=C(CC1CCCN1)NC1CCN2CCCC12. The van der Waals surface area contributed by atoms with Gasteiger partial charge in [0, 0.05) is 31.1 Å². The van der Waals surface area contributed by atoms with E-state index in [0.29, 0.717) is 24.5 Å². The van der Waals surface area contributed by atoms with E-state index in [1.54, 1.807) is 0 Å². The monoisotopic (exact) mass is 237 g/mol. The van der Waals surface area contributed by atoms with Crippen LogP contribution >= 0.6 is 0 Å². The normalized spacial score (nSPS) is 37.3. The highest BCUT2D eigenvalue weighted by molar-refractivity contribution is 5.77. The Morgan fingerprint density at radius 2 is 2.18 bits per heavy atom. The van der Waals surface area contributed by atoms with Crippen LogP contribution in [0.4, 0.5) is 0 Å². The van der Waals surface area contributed by atoms with Gasteiger partial charge in [0.1, 0.15) is 0 Å². The first-order valence-corrected chi connectivity index (χ1v) is 7.10. The minimum atomic E-state index is 0.253. The zero-order valence-electron chi connectivity index (χ0n) is 10.5. The summed E-state index contributed by atoms with van der Waals surface area (Å²) in [6.45, 7) is 3.50. The molecule has 3 rings (SSSR count). The highest BCUT2D eigenvalue weighted by Crippen LogP contribution is 2.27. The molecule has 0 bridgehead atoms. The van der Waals surface area contributed by atoms with Crippen molar-refractivity contribution in [2.24, 2.45) is 0 Å². The van der Waals surface area contributed by atoms with E-state index in [0.717, 1.165) is 19.4 Å². The number of hydrogen-bond acceptors (Lipinski definition) is 3. The Balaban J connectivity index is 1.47. The maximum atomic E-state index is 12.0. The molecule has 4 nitrogen and oxygen atoms in total. The van der Waals surface area contributed by atoms with Crippen LogP contribution in [0.2, 0.25) is 0 Å². The van der Waals surface area contributed by atoms with E-state index in [1.165, 1.54) is 32.4 Å². The van der Waals surface area contributed by atoms with Crippen molar-refractivity contribution in [2.75, 3.05) is 19.6 Å². The second-order valence-electron chi connectivity index (χ2n) is 5.71. The summed E-state index contributed by atoms with van der Waals surface area (Å²) in [4.78, 5) is 14.5. The number of hydrogen-bond donors (Lipinski definition) is 2. The fourth-order valence-corrected chi connectivity index (χ4v) is 3.67. The standard InChI is InChI=1S/C13H23N3O/c17-13(9-10-3-1-6-14-10)15-11-5-8-16-7-2-4-12(11)16/h10-12,14H,1-9H2,(H,15,17). The maximum absolute atomic E-state index is 12.0. The molecule has 3 fully saturated rings. The Labute approximate surface area is 103 Å². The number of amides is 1. The van der Waals surface area contributed by atoms with Crippen LogP contribution in [0.25, 0.3) is 0 Å². The molecule has 3 aliphatic rings. The second-order valence-corrected chi connectivity index (χ2v) is 5.71. The van der Waals surface area contributed by atoms with Crippen LogP contribution in [0.5, 0.6) is 0 Å². The van der Waals surface area contributed by atoms with Crippen LogP contribution in [-0.2, 0) is 4.79 Å². The molecule has 3 heterocycles. The van der Waals surface area contributed by atoms with Crippen LogP contribution in [0.3, 0.4) is 0 Å². The Morgan fingerprint density at radius 3 is 3.00 bits per heavy atom. The number of fused-ring (bicyclic) bond motifs is 1. The molecule has 0 radical (unpaired) electrons. The van der Waals surface area contributed by atoms with Crippen LogP contribution in [0.1, 0.15) is 38.5 Å². The largest absolute Gasteiger partial charge is 0.352 e. The molecular weight excluding hydrogens is 214 g/mol. The Bertz CT molecular complexity index is 288. The molecule has 0 aromatic carbocycles. The lowest BCUT2D eigenvalue weighted by Crippen LogP contribution is -2.43. The van der Waals surface area contributed by atoms with Crippen molar-refractivity contribution in [3.63, 3.8) is 0 Å². The summed E-state index contributed by atoms with van der Waals surface area (Å²) in [7, 11) is 0. The van der Waals surface area contributed by atoms with Crippen molar-refractivity contribution in [2.45, 2.75) is 56.7 Å². The molecule has 0 aliphatic carbocycles. The maximum Gasteiger partial charge on any atom is 0.221 e. The Morgan fingerprint density at radius 1 is 1.24 bits per heavy atom. The molecule has 3 unspecified atom stereocenters. The third-order valence-corrected chi connectivity index (χ3v) is 4.55. The van der Waals surface area contributed by atoms with Gasteiger partial charge in [-0.3, -0.25) is 9.69 Å². The van der Waals surface area contributed by atoms with Gasteiger partial charge >= 0.3 is 0 Å². The summed E-state index contributed by atoms with van der Waals surface area (Å²) in [6.07, 6.45) is 6.77. The quantitative estimate of drug-likeness (QED) is 0.750. The number of rotatable bonds is 3. The van der Waals surface area contributed by atoms with E-state index in [1.807, 2.05) is 0 Å². The van der Waals surface area contributed by atoms with Crippen molar-refractivity contribution in [1.82, 2.24) is 15.5 Å². The molecule has 0 aromatic rings. The average molecular weight is 237 g/mol. The van der Waals surface area contributed by atoms with E-state index in [2.05, 4.69) is 15.5 Å². The zero-order chi connectivity index (χ0) is 11.7. The van der Waals surface area contributed by atoms with Crippen LogP contribution in [0, 0.1) is 0 Å². The Hall–Kier alpha value is -0.610. The molecule has 3 atom stereocenters. The molecule has 2 N–H and O–H groups in total. The Kier molecular flexibility index (Phi) is 3.34. The summed E-state index contributed by atoms with van der Waals surface area (Å²) < 4.78 is 0. The van der Waals surface area contributed by atoms with Gasteiger partial charge in [-0.2, -0.15) is 0 Å². The zero-order valence-corrected chi connectivity index (χ0v) is 10.5.